The van der Waals surface area contributed by atoms with E-state index in [2.05, 4.69) is 30.9 Å². The van der Waals surface area contributed by atoms with Crippen molar-refractivity contribution in [2.75, 3.05) is 25.1 Å². The van der Waals surface area contributed by atoms with Gasteiger partial charge < -0.3 is 25.7 Å². The first-order valence-corrected chi connectivity index (χ1v) is 9.76. The number of hydrogen-bond acceptors (Lipinski definition) is 6. The third-order valence-corrected chi connectivity index (χ3v) is 4.82. The van der Waals surface area contributed by atoms with E-state index in [1.807, 2.05) is 20.8 Å². The predicted molar refractivity (Wildman–Crippen MR) is 106 cm³/mol. The van der Waals surface area contributed by atoms with Crippen molar-refractivity contribution in [3.63, 3.8) is 0 Å². The number of nitrogens with zero attached hydrogens (tertiary/aromatic N) is 2. The van der Waals surface area contributed by atoms with Gasteiger partial charge in [0, 0.05) is 25.8 Å². The van der Waals surface area contributed by atoms with Crippen molar-refractivity contribution in [3.8, 4) is 0 Å². The number of rotatable bonds is 7. The molecule has 9 nitrogen and oxygen atoms in total. The summed E-state index contributed by atoms with van der Waals surface area (Å²) in [6, 6.07) is 1.38. The average molecular weight is 388 g/mol. The summed E-state index contributed by atoms with van der Waals surface area (Å²) >= 11 is 0. The van der Waals surface area contributed by atoms with Crippen molar-refractivity contribution in [3.05, 3.63) is 18.1 Å². The van der Waals surface area contributed by atoms with E-state index >= 15 is 0 Å². The third kappa shape index (κ3) is 4.59. The standard InChI is InChI=1S/C19H28N6O3/c1-4-20-18(26)14-9-13-16(24-14)21-10-22-17(13)25-15(11(2)3)19(27)23-12-5-7-28-8-6-12/h9-12,15H,4-8H2,1-3H3,(H,20,26)(H,23,27)(H2,21,22,24,25)/t15-/m1/s1. The van der Waals surface area contributed by atoms with E-state index < -0.39 is 6.04 Å². The Labute approximate surface area is 164 Å². The normalized spacial score (nSPS) is 16.1. The number of aromatic nitrogens is 3. The van der Waals surface area contributed by atoms with Crippen LogP contribution in [-0.4, -0.2) is 58.6 Å². The zero-order valence-electron chi connectivity index (χ0n) is 16.5. The van der Waals surface area contributed by atoms with E-state index in [0.717, 1.165) is 12.8 Å². The van der Waals surface area contributed by atoms with Gasteiger partial charge in [0.25, 0.3) is 5.91 Å². The van der Waals surface area contributed by atoms with Crippen molar-refractivity contribution < 1.29 is 14.3 Å². The topological polar surface area (TPSA) is 121 Å². The molecule has 0 bridgehead atoms. The lowest BCUT2D eigenvalue weighted by atomic mass is 10.0. The minimum Gasteiger partial charge on any atom is -0.381 e. The van der Waals surface area contributed by atoms with Crippen LogP contribution >= 0.6 is 0 Å². The zero-order chi connectivity index (χ0) is 20.1. The molecule has 9 heteroatoms. The highest BCUT2D eigenvalue weighted by atomic mass is 16.5. The van der Waals surface area contributed by atoms with Crippen molar-refractivity contribution in [1.29, 1.82) is 0 Å². The Hall–Kier alpha value is -2.68. The molecule has 0 aromatic carbocycles. The summed E-state index contributed by atoms with van der Waals surface area (Å²) in [6.45, 7) is 7.70. The molecule has 1 aliphatic rings. The molecule has 0 aliphatic carbocycles. The Bertz CT molecular complexity index is 828. The van der Waals surface area contributed by atoms with E-state index in [1.165, 1.54) is 6.33 Å². The average Bonchev–Trinajstić information content (AvgIpc) is 3.12. The van der Waals surface area contributed by atoms with Crippen LogP contribution in [0.1, 0.15) is 44.1 Å². The number of fused-ring (bicyclic) bond motifs is 1. The lowest BCUT2D eigenvalue weighted by Gasteiger charge is -2.28. The van der Waals surface area contributed by atoms with E-state index in [1.54, 1.807) is 6.07 Å². The van der Waals surface area contributed by atoms with Gasteiger partial charge in [0.2, 0.25) is 5.91 Å². The molecule has 0 spiro atoms. The number of nitrogens with one attached hydrogen (secondary N) is 4. The number of carbonyl (C=O) groups is 2. The van der Waals surface area contributed by atoms with E-state index in [4.69, 9.17) is 4.74 Å². The van der Waals surface area contributed by atoms with Gasteiger partial charge in [-0.15, -0.1) is 0 Å². The number of aromatic amines is 1. The summed E-state index contributed by atoms with van der Waals surface area (Å²) in [6.07, 6.45) is 3.06. The highest BCUT2D eigenvalue weighted by molar-refractivity contribution is 6.00. The number of carbonyl (C=O) groups excluding carboxylic acids is 2. The Morgan fingerprint density at radius 3 is 2.71 bits per heavy atom. The fourth-order valence-corrected chi connectivity index (χ4v) is 3.25. The van der Waals surface area contributed by atoms with Crippen molar-refractivity contribution >= 4 is 28.7 Å². The molecule has 152 valence electrons. The molecule has 1 fully saturated rings. The second kappa shape index (κ2) is 9.01. The Morgan fingerprint density at radius 2 is 2.04 bits per heavy atom. The number of ether oxygens (including phenoxy) is 1. The first-order valence-electron chi connectivity index (χ1n) is 9.76. The van der Waals surface area contributed by atoms with Crippen LogP contribution in [-0.2, 0) is 9.53 Å². The maximum Gasteiger partial charge on any atom is 0.267 e. The predicted octanol–water partition coefficient (Wildman–Crippen LogP) is 1.44. The quantitative estimate of drug-likeness (QED) is 0.569. The van der Waals surface area contributed by atoms with Gasteiger partial charge >= 0.3 is 0 Å². The molecule has 3 heterocycles. The van der Waals surface area contributed by atoms with Crippen LogP contribution in [0.3, 0.4) is 0 Å². The van der Waals surface area contributed by atoms with Gasteiger partial charge in [0.05, 0.1) is 5.39 Å². The van der Waals surface area contributed by atoms with E-state index in [-0.39, 0.29) is 23.8 Å². The van der Waals surface area contributed by atoms with E-state index in [0.29, 0.717) is 42.3 Å². The van der Waals surface area contributed by atoms with Crippen LogP contribution < -0.4 is 16.0 Å². The molecular weight excluding hydrogens is 360 g/mol. The Kier molecular flexibility index (Phi) is 6.45. The first kappa shape index (κ1) is 20.1. The largest absolute Gasteiger partial charge is 0.381 e. The molecule has 1 saturated heterocycles. The van der Waals surface area contributed by atoms with Gasteiger partial charge in [-0.1, -0.05) is 13.8 Å². The number of H-pyrrole nitrogens is 1. The second-order valence-electron chi connectivity index (χ2n) is 7.29. The molecule has 1 aliphatic heterocycles. The maximum absolute atomic E-state index is 12.9. The van der Waals surface area contributed by atoms with Gasteiger partial charge in [0.1, 0.15) is 29.5 Å². The van der Waals surface area contributed by atoms with Crippen molar-refractivity contribution in [1.82, 2.24) is 25.6 Å². The molecule has 0 radical (unpaired) electrons. The van der Waals surface area contributed by atoms with Crippen LogP contribution in [0, 0.1) is 5.92 Å². The van der Waals surface area contributed by atoms with Crippen molar-refractivity contribution in [2.24, 2.45) is 5.92 Å². The minimum atomic E-state index is -0.455. The maximum atomic E-state index is 12.9. The number of hydrogen-bond donors (Lipinski definition) is 4. The summed E-state index contributed by atoms with van der Waals surface area (Å²) in [5.74, 6) is 0.307. The number of anilines is 1. The van der Waals surface area contributed by atoms with Gasteiger partial charge in [0.15, 0.2) is 0 Å². The Balaban J connectivity index is 1.79. The molecule has 0 saturated carbocycles. The van der Waals surface area contributed by atoms with Gasteiger partial charge in [-0.25, -0.2) is 9.97 Å². The molecule has 2 aromatic heterocycles. The molecule has 3 rings (SSSR count). The van der Waals surface area contributed by atoms with Crippen LogP contribution in [0.4, 0.5) is 5.82 Å². The minimum absolute atomic E-state index is 0.0478. The Morgan fingerprint density at radius 1 is 1.29 bits per heavy atom. The molecule has 1 atom stereocenters. The van der Waals surface area contributed by atoms with Crippen LogP contribution in [0.5, 0.6) is 0 Å². The highest BCUT2D eigenvalue weighted by Crippen LogP contribution is 2.22. The van der Waals surface area contributed by atoms with E-state index in [9.17, 15) is 9.59 Å². The summed E-state index contributed by atoms with van der Waals surface area (Å²) in [7, 11) is 0. The zero-order valence-corrected chi connectivity index (χ0v) is 16.5. The molecule has 28 heavy (non-hydrogen) atoms. The summed E-state index contributed by atoms with van der Waals surface area (Å²) in [5, 5.41) is 9.79. The summed E-state index contributed by atoms with van der Waals surface area (Å²) in [5.41, 5.74) is 0.958. The fraction of sp³-hybridized carbons (Fsp3) is 0.579. The van der Waals surface area contributed by atoms with Crippen LogP contribution in [0.2, 0.25) is 0 Å². The van der Waals surface area contributed by atoms with Gasteiger partial charge in [-0.05, 0) is 31.7 Å². The van der Waals surface area contributed by atoms with Crippen molar-refractivity contribution in [2.45, 2.75) is 45.7 Å². The van der Waals surface area contributed by atoms with Gasteiger partial charge in [-0.2, -0.15) is 0 Å². The summed E-state index contributed by atoms with van der Waals surface area (Å²) < 4.78 is 5.35. The molecule has 2 amide bonds. The highest BCUT2D eigenvalue weighted by Gasteiger charge is 2.26. The second-order valence-corrected chi connectivity index (χ2v) is 7.29. The fourth-order valence-electron chi connectivity index (χ4n) is 3.25. The molecule has 4 N–H and O–H groups in total. The third-order valence-electron chi connectivity index (χ3n) is 4.82. The SMILES string of the molecule is CCNC(=O)c1cc2c(N[C@@H](C(=O)NC3CCOCC3)C(C)C)ncnc2[nH]1. The lowest BCUT2D eigenvalue weighted by molar-refractivity contribution is -0.124. The molecular formula is C19H28N6O3. The first-order chi connectivity index (χ1) is 13.5. The number of amides is 2. The smallest absolute Gasteiger partial charge is 0.267 e. The van der Waals surface area contributed by atoms with Gasteiger partial charge in [-0.3, -0.25) is 9.59 Å². The van der Waals surface area contributed by atoms with Crippen LogP contribution in [0.15, 0.2) is 12.4 Å². The molecule has 0 unspecified atom stereocenters. The van der Waals surface area contributed by atoms with Crippen LogP contribution in [0.25, 0.3) is 11.0 Å². The monoisotopic (exact) mass is 388 g/mol. The lowest BCUT2D eigenvalue weighted by Crippen LogP contribution is -2.48. The molecule has 2 aromatic rings. The summed E-state index contributed by atoms with van der Waals surface area (Å²) in [4.78, 5) is 36.5.